The summed E-state index contributed by atoms with van der Waals surface area (Å²) in [5.74, 6) is 1.26. The Morgan fingerprint density at radius 2 is 1.75 bits per heavy atom. The molecule has 0 aliphatic rings. The molecule has 3 heteroatoms. The summed E-state index contributed by atoms with van der Waals surface area (Å²) in [5, 5.41) is 0.144. The first-order valence-electron chi connectivity index (χ1n) is 9.41. The van der Waals surface area contributed by atoms with Gasteiger partial charge >= 0.3 is 0 Å². The van der Waals surface area contributed by atoms with Crippen LogP contribution in [0.3, 0.4) is 0 Å². The van der Waals surface area contributed by atoms with Crippen LogP contribution in [0.15, 0.2) is 85.5 Å². The Bertz CT molecular complexity index is 938. The molecule has 0 fully saturated rings. The molecular formula is C25H24ClFO. The van der Waals surface area contributed by atoms with Gasteiger partial charge in [-0.05, 0) is 66.8 Å². The second-order valence-corrected chi connectivity index (χ2v) is 7.57. The highest BCUT2D eigenvalue weighted by Crippen LogP contribution is 2.33. The maximum absolute atomic E-state index is 13.9. The third-order valence-corrected chi connectivity index (χ3v) is 5.38. The predicted octanol–water partition coefficient (Wildman–Crippen LogP) is 7.74. The third kappa shape index (κ3) is 5.02. The fraction of sp³-hybridized carbons (Fsp3) is 0.200. The number of benzene rings is 3. The summed E-state index contributed by atoms with van der Waals surface area (Å²) < 4.78 is 19.8. The molecule has 0 aliphatic heterocycles. The first-order chi connectivity index (χ1) is 13.5. The van der Waals surface area contributed by atoms with Crippen LogP contribution in [0.4, 0.5) is 4.39 Å². The van der Waals surface area contributed by atoms with Crippen molar-refractivity contribution in [2.45, 2.75) is 31.6 Å². The monoisotopic (exact) mass is 394 g/mol. The van der Waals surface area contributed by atoms with Crippen LogP contribution in [0.5, 0.6) is 11.5 Å². The van der Waals surface area contributed by atoms with Crippen molar-refractivity contribution < 1.29 is 9.13 Å². The molecule has 1 nitrogen and oxygen atoms in total. The van der Waals surface area contributed by atoms with Crippen molar-refractivity contribution >= 4 is 11.6 Å². The molecule has 3 rings (SSSR count). The van der Waals surface area contributed by atoms with Gasteiger partial charge in [0.1, 0.15) is 17.3 Å². The highest BCUT2D eigenvalue weighted by molar-refractivity contribution is 6.30. The average Bonchev–Trinajstić information content (AvgIpc) is 2.71. The Balaban J connectivity index is 1.64. The highest BCUT2D eigenvalue weighted by atomic mass is 35.5. The number of rotatable bonds is 8. The second-order valence-electron chi connectivity index (χ2n) is 7.17. The second kappa shape index (κ2) is 9.07. The maximum Gasteiger partial charge on any atom is 0.142 e. The SMILES string of the molecule is C=CC(C)(CCCc1cccc(Oc2ccccc2)c1)c1ccc(Cl)c(F)c1. The molecular weight excluding hydrogens is 371 g/mol. The van der Waals surface area contributed by atoms with E-state index < -0.39 is 5.82 Å². The van der Waals surface area contributed by atoms with Crippen molar-refractivity contribution in [3.63, 3.8) is 0 Å². The topological polar surface area (TPSA) is 9.23 Å². The zero-order chi connectivity index (χ0) is 20.0. The first-order valence-corrected chi connectivity index (χ1v) is 9.79. The molecule has 1 unspecified atom stereocenters. The van der Waals surface area contributed by atoms with Crippen molar-refractivity contribution in [3.05, 3.63) is 107 Å². The Morgan fingerprint density at radius 1 is 1.00 bits per heavy atom. The molecule has 0 spiro atoms. The molecule has 28 heavy (non-hydrogen) atoms. The van der Waals surface area contributed by atoms with E-state index >= 15 is 0 Å². The smallest absolute Gasteiger partial charge is 0.142 e. The minimum atomic E-state index is -0.391. The van der Waals surface area contributed by atoms with Gasteiger partial charge in [-0.25, -0.2) is 4.39 Å². The molecule has 144 valence electrons. The predicted molar refractivity (Wildman–Crippen MR) is 115 cm³/mol. The Labute approximate surface area is 171 Å². The Hall–Kier alpha value is -2.58. The van der Waals surface area contributed by atoms with Crippen LogP contribution < -0.4 is 4.74 Å². The van der Waals surface area contributed by atoms with Gasteiger partial charge in [0, 0.05) is 5.41 Å². The molecule has 0 N–H and O–H groups in total. The van der Waals surface area contributed by atoms with Crippen LogP contribution in [0, 0.1) is 5.82 Å². The summed E-state index contributed by atoms with van der Waals surface area (Å²) >= 11 is 5.82. The van der Waals surface area contributed by atoms with Crippen molar-refractivity contribution in [3.8, 4) is 11.5 Å². The van der Waals surface area contributed by atoms with Crippen LogP contribution in [0.25, 0.3) is 0 Å². The zero-order valence-electron chi connectivity index (χ0n) is 16.0. The van der Waals surface area contributed by atoms with E-state index in [4.69, 9.17) is 16.3 Å². The number of halogens is 2. The van der Waals surface area contributed by atoms with Gasteiger partial charge < -0.3 is 4.74 Å². The Morgan fingerprint density at radius 3 is 2.46 bits per heavy atom. The molecule has 3 aromatic rings. The lowest BCUT2D eigenvalue weighted by Crippen LogP contribution is -2.19. The van der Waals surface area contributed by atoms with Crippen LogP contribution in [0.2, 0.25) is 5.02 Å². The summed E-state index contributed by atoms with van der Waals surface area (Å²) in [4.78, 5) is 0. The summed E-state index contributed by atoms with van der Waals surface area (Å²) in [6, 6.07) is 22.9. The van der Waals surface area contributed by atoms with Crippen LogP contribution in [0.1, 0.15) is 30.9 Å². The van der Waals surface area contributed by atoms with E-state index in [1.54, 1.807) is 6.07 Å². The van der Waals surface area contributed by atoms with Gasteiger partial charge in [-0.15, -0.1) is 6.58 Å². The van der Waals surface area contributed by atoms with E-state index in [-0.39, 0.29) is 10.4 Å². The molecule has 0 saturated heterocycles. The number of ether oxygens (including phenoxy) is 1. The summed E-state index contributed by atoms with van der Waals surface area (Å²) in [5.41, 5.74) is 1.80. The normalized spacial score (nSPS) is 13.0. The van der Waals surface area contributed by atoms with E-state index in [9.17, 15) is 4.39 Å². The average molecular weight is 395 g/mol. The molecule has 0 amide bonds. The molecule has 0 bridgehead atoms. The molecule has 0 heterocycles. The van der Waals surface area contributed by atoms with Crippen LogP contribution in [-0.4, -0.2) is 0 Å². The largest absolute Gasteiger partial charge is 0.457 e. The maximum atomic E-state index is 13.9. The minimum Gasteiger partial charge on any atom is -0.457 e. The number of hydrogen-bond acceptors (Lipinski definition) is 1. The fourth-order valence-electron chi connectivity index (χ4n) is 3.26. The third-order valence-electron chi connectivity index (χ3n) is 5.07. The van der Waals surface area contributed by atoms with Crippen molar-refractivity contribution in [2.24, 2.45) is 0 Å². The number of hydrogen-bond donors (Lipinski definition) is 0. The lowest BCUT2D eigenvalue weighted by molar-refractivity contribution is 0.480. The summed E-state index contributed by atoms with van der Waals surface area (Å²) in [6.07, 6.45) is 4.61. The lowest BCUT2D eigenvalue weighted by atomic mass is 9.78. The molecule has 3 aromatic carbocycles. The number of para-hydroxylation sites is 1. The molecule has 0 radical (unpaired) electrons. The van der Waals surface area contributed by atoms with Gasteiger partial charge in [0.05, 0.1) is 5.02 Å². The standard InChI is InChI=1S/C25H24ClFO/c1-3-25(2,20-14-15-23(26)24(27)18-20)16-8-10-19-9-7-13-22(17-19)28-21-11-5-4-6-12-21/h3-7,9,11-15,17-18H,1,8,10,16H2,2H3. The number of allylic oxidation sites excluding steroid dienone is 1. The van der Waals surface area contributed by atoms with Crippen molar-refractivity contribution in [1.82, 2.24) is 0 Å². The summed E-state index contributed by atoms with van der Waals surface area (Å²) in [7, 11) is 0. The van der Waals surface area contributed by atoms with E-state index in [1.165, 1.54) is 11.6 Å². The van der Waals surface area contributed by atoms with E-state index in [0.717, 1.165) is 36.3 Å². The van der Waals surface area contributed by atoms with Gasteiger partial charge in [-0.3, -0.25) is 0 Å². The van der Waals surface area contributed by atoms with Crippen LogP contribution in [-0.2, 0) is 11.8 Å². The van der Waals surface area contributed by atoms with E-state index in [0.29, 0.717) is 0 Å². The molecule has 0 saturated carbocycles. The van der Waals surface area contributed by atoms with Crippen LogP contribution >= 0.6 is 11.6 Å². The van der Waals surface area contributed by atoms with Crippen molar-refractivity contribution in [1.29, 1.82) is 0 Å². The lowest BCUT2D eigenvalue weighted by Gasteiger charge is -2.26. The highest BCUT2D eigenvalue weighted by Gasteiger charge is 2.23. The number of aryl methyl sites for hydroxylation is 1. The van der Waals surface area contributed by atoms with Gasteiger partial charge in [0.2, 0.25) is 0 Å². The van der Waals surface area contributed by atoms with E-state index in [2.05, 4.69) is 25.6 Å². The summed E-state index contributed by atoms with van der Waals surface area (Å²) in [6.45, 7) is 6.05. The fourth-order valence-corrected chi connectivity index (χ4v) is 3.38. The quantitative estimate of drug-likeness (QED) is 0.355. The first kappa shape index (κ1) is 20.2. The molecule has 0 aromatic heterocycles. The van der Waals surface area contributed by atoms with Gasteiger partial charge in [0.25, 0.3) is 0 Å². The molecule has 0 aliphatic carbocycles. The van der Waals surface area contributed by atoms with Crippen molar-refractivity contribution in [2.75, 3.05) is 0 Å². The van der Waals surface area contributed by atoms with Gasteiger partial charge in [0.15, 0.2) is 0 Å². The van der Waals surface area contributed by atoms with Gasteiger partial charge in [-0.1, -0.05) is 61.0 Å². The minimum absolute atomic E-state index is 0.144. The zero-order valence-corrected chi connectivity index (χ0v) is 16.8. The van der Waals surface area contributed by atoms with E-state index in [1.807, 2.05) is 54.6 Å². The van der Waals surface area contributed by atoms with Gasteiger partial charge in [-0.2, -0.15) is 0 Å². The molecule has 1 atom stereocenters. The Kier molecular flexibility index (Phi) is 6.53.